The number of nitrogens with one attached hydrogen (secondary N) is 1. The largest absolute Gasteiger partial charge is 0.503 e. The Morgan fingerprint density at radius 3 is 2.34 bits per heavy atom. The van der Waals surface area contributed by atoms with Gasteiger partial charge < -0.3 is 14.3 Å². The van der Waals surface area contributed by atoms with Crippen molar-refractivity contribution in [2.24, 2.45) is 4.99 Å². The van der Waals surface area contributed by atoms with Gasteiger partial charge in [0.2, 0.25) is 0 Å². The van der Waals surface area contributed by atoms with E-state index in [4.69, 9.17) is 14.3 Å². The molecular formula is C20H19F3N2O4. The fraction of sp³-hybridized carbons (Fsp3) is 0.200. The molecule has 0 aliphatic carbocycles. The third-order valence-corrected chi connectivity index (χ3v) is 3.76. The molecule has 1 N–H and O–H groups in total. The van der Waals surface area contributed by atoms with Gasteiger partial charge in [0.1, 0.15) is 5.57 Å². The molecule has 0 saturated heterocycles. The van der Waals surface area contributed by atoms with Gasteiger partial charge in [0.05, 0.1) is 26.0 Å². The van der Waals surface area contributed by atoms with Crippen molar-refractivity contribution in [3.05, 3.63) is 71.5 Å². The van der Waals surface area contributed by atoms with Gasteiger partial charge in [-0.3, -0.25) is 4.99 Å². The highest BCUT2D eigenvalue weighted by atomic mass is 19.4. The zero-order chi connectivity index (χ0) is 21.4. The Labute approximate surface area is 165 Å². The molecule has 154 valence electrons. The third kappa shape index (κ3) is 5.50. The number of benzene rings is 2. The summed E-state index contributed by atoms with van der Waals surface area (Å²) in [6, 6.07) is 11.1. The lowest BCUT2D eigenvalue weighted by Crippen LogP contribution is -2.29. The number of alkyl halides is 3. The Morgan fingerprint density at radius 2 is 1.76 bits per heavy atom. The van der Waals surface area contributed by atoms with Crippen molar-refractivity contribution in [2.45, 2.75) is 6.18 Å². The second kappa shape index (κ2) is 9.63. The minimum Gasteiger partial charge on any atom is -0.503 e. The Bertz CT molecular complexity index is 924. The van der Waals surface area contributed by atoms with Gasteiger partial charge in [-0.25, -0.2) is 10.3 Å². The van der Waals surface area contributed by atoms with Crippen LogP contribution in [-0.4, -0.2) is 33.1 Å². The van der Waals surface area contributed by atoms with Crippen LogP contribution in [0.15, 0.2) is 59.8 Å². The predicted molar refractivity (Wildman–Crippen MR) is 101 cm³/mol. The lowest BCUT2D eigenvalue weighted by Gasteiger charge is -2.15. The first-order valence-corrected chi connectivity index (χ1v) is 8.29. The topological polar surface area (TPSA) is 69.2 Å². The number of hydrogen-bond acceptors (Lipinski definition) is 5. The minimum atomic E-state index is -4.49. The number of methoxy groups -OCH3 is 2. The first-order valence-electron chi connectivity index (χ1n) is 8.29. The minimum absolute atomic E-state index is 0.0564. The maximum absolute atomic E-state index is 12.9. The highest BCUT2D eigenvalue weighted by Gasteiger charge is 2.30. The third-order valence-electron chi connectivity index (χ3n) is 3.76. The SMILES string of the molecule is CN=C(NOc1cccc(C(F)(F)F)c1)c1ccccc1/C(=C\OC)C(=O)OC. The fourth-order valence-corrected chi connectivity index (χ4v) is 2.44. The maximum Gasteiger partial charge on any atom is 0.416 e. The number of amidine groups is 1. The van der Waals surface area contributed by atoms with Crippen LogP contribution in [0.4, 0.5) is 13.2 Å². The standard InChI is InChI=1S/C20H19F3N2O4/c1-24-18(25-29-14-8-6-7-13(11-14)20(21,22)23)16-10-5-4-9-15(16)17(12-27-2)19(26)28-3/h4-12H,1-3H3,(H,24,25)/b17-12+. The van der Waals surface area contributed by atoms with Crippen LogP contribution < -0.4 is 10.3 Å². The smallest absolute Gasteiger partial charge is 0.416 e. The van der Waals surface area contributed by atoms with E-state index in [1.807, 2.05) is 0 Å². The quantitative estimate of drug-likeness (QED) is 0.197. The van der Waals surface area contributed by atoms with E-state index in [0.717, 1.165) is 12.1 Å². The summed E-state index contributed by atoms with van der Waals surface area (Å²) in [6.45, 7) is 0. The monoisotopic (exact) mass is 408 g/mol. The molecule has 0 amide bonds. The Kier molecular flexibility index (Phi) is 7.24. The van der Waals surface area contributed by atoms with Gasteiger partial charge in [0.15, 0.2) is 11.6 Å². The van der Waals surface area contributed by atoms with Gasteiger partial charge in [-0.05, 0) is 18.2 Å². The fourth-order valence-electron chi connectivity index (χ4n) is 2.44. The summed E-state index contributed by atoms with van der Waals surface area (Å²) in [5, 5.41) is 0. The van der Waals surface area contributed by atoms with Crippen molar-refractivity contribution >= 4 is 17.4 Å². The van der Waals surface area contributed by atoms with Crippen LogP contribution in [-0.2, 0) is 20.4 Å². The van der Waals surface area contributed by atoms with Crippen molar-refractivity contribution in [3.8, 4) is 5.75 Å². The first-order chi connectivity index (χ1) is 13.8. The lowest BCUT2D eigenvalue weighted by molar-refractivity contribution is -0.137. The lowest BCUT2D eigenvalue weighted by atomic mass is 10.00. The van der Waals surface area contributed by atoms with E-state index >= 15 is 0 Å². The number of ether oxygens (including phenoxy) is 2. The number of carbonyl (C=O) groups is 1. The molecule has 29 heavy (non-hydrogen) atoms. The Hall–Kier alpha value is -3.49. The molecule has 0 saturated carbocycles. The number of esters is 1. The van der Waals surface area contributed by atoms with Crippen molar-refractivity contribution < 1.29 is 32.3 Å². The van der Waals surface area contributed by atoms with Gasteiger partial charge >= 0.3 is 12.1 Å². The average molecular weight is 408 g/mol. The second-order valence-corrected chi connectivity index (χ2v) is 5.61. The van der Waals surface area contributed by atoms with Crippen molar-refractivity contribution in [1.29, 1.82) is 0 Å². The predicted octanol–water partition coefficient (Wildman–Crippen LogP) is 3.83. The average Bonchev–Trinajstić information content (AvgIpc) is 2.72. The maximum atomic E-state index is 12.9. The number of carbonyl (C=O) groups excluding carboxylic acids is 1. The molecule has 2 rings (SSSR count). The van der Waals surface area contributed by atoms with Crippen molar-refractivity contribution in [3.63, 3.8) is 0 Å². The number of aliphatic imine (C=N–C) groups is 1. The summed E-state index contributed by atoms with van der Waals surface area (Å²) >= 11 is 0. The number of rotatable bonds is 6. The summed E-state index contributed by atoms with van der Waals surface area (Å²) in [4.78, 5) is 21.5. The van der Waals surface area contributed by atoms with E-state index < -0.39 is 17.7 Å². The molecule has 2 aromatic carbocycles. The molecule has 0 unspecified atom stereocenters. The molecule has 6 nitrogen and oxygen atoms in total. The van der Waals surface area contributed by atoms with Gasteiger partial charge in [0, 0.05) is 18.2 Å². The molecular weight excluding hydrogens is 389 g/mol. The normalized spacial score (nSPS) is 12.3. The van der Waals surface area contributed by atoms with Crippen molar-refractivity contribution in [1.82, 2.24) is 5.48 Å². The molecule has 0 fully saturated rings. The summed E-state index contributed by atoms with van der Waals surface area (Å²) in [5.74, 6) is -0.503. The summed E-state index contributed by atoms with van der Waals surface area (Å²) in [7, 11) is 4.08. The summed E-state index contributed by atoms with van der Waals surface area (Å²) < 4.78 is 48.3. The van der Waals surface area contributed by atoms with E-state index in [2.05, 4.69) is 10.5 Å². The van der Waals surface area contributed by atoms with Crippen LogP contribution in [0.3, 0.4) is 0 Å². The second-order valence-electron chi connectivity index (χ2n) is 5.61. The molecule has 0 atom stereocenters. The number of hydroxylamine groups is 1. The number of nitrogens with zero attached hydrogens (tertiary/aromatic N) is 1. The molecule has 0 aliphatic rings. The number of halogens is 3. The van der Waals surface area contributed by atoms with Crippen LogP contribution in [0.25, 0.3) is 5.57 Å². The zero-order valence-corrected chi connectivity index (χ0v) is 15.9. The molecule has 0 spiro atoms. The van der Waals surface area contributed by atoms with Crippen molar-refractivity contribution in [2.75, 3.05) is 21.3 Å². The summed E-state index contributed by atoms with van der Waals surface area (Å²) in [5.41, 5.74) is 2.71. The van der Waals surface area contributed by atoms with E-state index in [1.54, 1.807) is 24.3 Å². The van der Waals surface area contributed by atoms with Gasteiger partial charge in [-0.1, -0.05) is 30.3 Å². The molecule has 0 bridgehead atoms. The molecule has 9 heteroatoms. The molecule has 0 heterocycles. The Balaban J connectivity index is 2.33. The highest BCUT2D eigenvalue weighted by Crippen LogP contribution is 2.31. The zero-order valence-electron chi connectivity index (χ0n) is 15.9. The van der Waals surface area contributed by atoms with Gasteiger partial charge in [0.25, 0.3) is 0 Å². The number of hydrogen-bond donors (Lipinski definition) is 1. The highest BCUT2D eigenvalue weighted by molar-refractivity contribution is 6.19. The van der Waals surface area contributed by atoms with Crippen LogP contribution in [0.2, 0.25) is 0 Å². The summed E-state index contributed by atoms with van der Waals surface area (Å²) in [6.07, 6.45) is -3.26. The van der Waals surface area contributed by atoms with Crippen LogP contribution >= 0.6 is 0 Å². The first kappa shape index (κ1) is 21.8. The van der Waals surface area contributed by atoms with E-state index in [0.29, 0.717) is 11.1 Å². The van der Waals surface area contributed by atoms with Crippen LogP contribution in [0.1, 0.15) is 16.7 Å². The van der Waals surface area contributed by atoms with E-state index in [-0.39, 0.29) is 17.2 Å². The van der Waals surface area contributed by atoms with E-state index in [1.165, 1.54) is 39.7 Å². The molecule has 2 aromatic rings. The molecule has 0 aliphatic heterocycles. The molecule has 0 aromatic heterocycles. The van der Waals surface area contributed by atoms with Crippen LogP contribution in [0.5, 0.6) is 5.75 Å². The van der Waals surface area contributed by atoms with E-state index in [9.17, 15) is 18.0 Å². The van der Waals surface area contributed by atoms with Crippen LogP contribution in [0, 0.1) is 0 Å². The Morgan fingerprint density at radius 1 is 1.07 bits per heavy atom. The molecule has 0 radical (unpaired) electrons. The van der Waals surface area contributed by atoms with Gasteiger partial charge in [-0.2, -0.15) is 13.2 Å². The van der Waals surface area contributed by atoms with Gasteiger partial charge in [-0.15, -0.1) is 0 Å².